The zero-order valence-electron chi connectivity index (χ0n) is 20.6. The number of rotatable bonds is 4. The van der Waals surface area contributed by atoms with E-state index in [1.807, 2.05) is 7.11 Å². The minimum atomic E-state index is -0.685. The van der Waals surface area contributed by atoms with E-state index in [-0.39, 0.29) is 22.9 Å². The molecule has 8 nitrogen and oxygen atoms in total. The third kappa shape index (κ3) is 2.15. The van der Waals surface area contributed by atoms with Crippen LogP contribution in [0.25, 0.3) is 0 Å². The first-order chi connectivity index (χ1) is 17.1. The number of hydrogen-bond acceptors (Lipinski definition) is 8. The van der Waals surface area contributed by atoms with Gasteiger partial charge in [0.1, 0.15) is 11.7 Å². The predicted molar refractivity (Wildman–Crippen MR) is 128 cm³/mol. The summed E-state index contributed by atoms with van der Waals surface area (Å²) < 4.78 is 25.7. The van der Waals surface area contributed by atoms with Gasteiger partial charge in [0.15, 0.2) is 11.5 Å². The van der Waals surface area contributed by atoms with Gasteiger partial charge in [-0.15, -0.1) is 5.10 Å². The lowest BCUT2D eigenvalue weighted by Gasteiger charge is -2.70. The molecule has 184 valence electrons. The Morgan fingerprint density at radius 1 is 1.09 bits per heavy atom. The summed E-state index contributed by atoms with van der Waals surface area (Å²) in [6, 6.07) is 5.35. The second kappa shape index (κ2) is 6.59. The number of piperidine rings is 1. The van der Waals surface area contributed by atoms with Crippen LogP contribution in [0.2, 0.25) is 0 Å². The number of nitrogens with zero attached hydrogens (tertiary/aromatic N) is 4. The quantitative estimate of drug-likeness (QED) is 0.624. The highest BCUT2D eigenvalue weighted by molar-refractivity contribution is 5.65. The van der Waals surface area contributed by atoms with Crippen molar-refractivity contribution in [3.8, 4) is 11.5 Å². The SMILES string of the molecule is COc1ccc2c3c1O[C@H]1[C@@]4(OC)C=C[C@@]5(C[C@@H]4c4nnc(N6CCCC6)o4)[C@@H](C2)N(C)CC[C@]315. The van der Waals surface area contributed by atoms with Crippen molar-refractivity contribution in [2.45, 2.75) is 61.2 Å². The zero-order valence-corrected chi connectivity index (χ0v) is 20.6. The third-order valence-corrected chi connectivity index (χ3v) is 10.4. The Morgan fingerprint density at radius 3 is 2.74 bits per heavy atom. The maximum atomic E-state index is 7.00. The molecule has 9 rings (SSSR count). The number of methoxy groups -OCH3 is 2. The highest BCUT2D eigenvalue weighted by Gasteiger charge is 2.79. The summed E-state index contributed by atoms with van der Waals surface area (Å²) in [5, 5.41) is 9.10. The number of anilines is 1. The van der Waals surface area contributed by atoms with Gasteiger partial charge in [-0.05, 0) is 57.3 Å². The van der Waals surface area contributed by atoms with Crippen molar-refractivity contribution < 1.29 is 18.6 Å². The predicted octanol–water partition coefficient (Wildman–Crippen LogP) is 3.07. The van der Waals surface area contributed by atoms with E-state index in [2.05, 4.69) is 51.3 Å². The number of ether oxygens (including phenoxy) is 3. The molecule has 0 unspecified atom stereocenters. The molecule has 4 heterocycles. The Hall–Kier alpha value is -2.58. The van der Waals surface area contributed by atoms with Crippen LogP contribution in [0.3, 0.4) is 0 Å². The molecule has 4 bridgehead atoms. The standard InChI is InChI=1S/C27H32N4O4/c1-30-13-10-26-20-16-6-7-18(32-2)21(20)34-23(26)27(33-3)9-8-25(26,19(30)14-16)15-17(27)22-28-29-24(35-22)31-11-4-5-12-31/h6-9,17,19,23H,4-5,10-15H2,1-3H3/t17-,19-,23-,25-,26+,27-/m1/s1. The largest absolute Gasteiger partial charge is 0.493 e. The van der Waals surface area contributed by atoms with E-state index in [4.69, 9.17) is 18.6 Å². The van der Waals surface area contributed by atoms with E-state index < -0.39 is 5.60 Å². The van der Waals surface area contributed by atoms with Crippen LogP contribution in [-0.2, 0) is 16.6 Å². The molecule has 8 heteroatoms. The van der Waals surface area contributed by atoms with Crippen molar-refractivity contribution in [3.63, 3.8) is 0 Å². The highest BCUT2D eigenvalue weighted by Crippen LogP contribution is 2.75. The number of likely N-dealkylation sites (tertiary alicyclic amines) is 1. The van der Waals surface area contributed by atoms with E-state index in [1.54, 1.807) is 7.11 Å². The molecule has 1 aromatic carbocycles. The summed E-state index contributed by atoms with van der Waals surface area (Å²) in [5.41, 5.74) is 1.82. The molecule has 2 aromatic rings. The Balaban J connectivity index is 1.34. The maximum absolute atomic E-state index is 7.00. The topological polar surface area (TPSA) is 73.1 Å². The Morgan fingerprint density at radius 2 is 1.94 bits per heavy atom. The van der Waals surface area contributed by atoms with Crippen LogP contribution in [0, 0.1) is 5.41 Å². The van der Waals surface area contributed by atoms with Crippen molar-refractivity contribution >= 4 is 6.01 Å². The first-order valence-electron chi connectivity index (χ1n) is 13.0. The van der Waals surface area contributed by atoms with Crippen LogP contribution in [0.15, 0.2) is 28.7 Å². The van der Waals surface area contributed by atoms with Crippen molar-refractivity contribution in [3.05, 3.63) is 41.3 Å². The monoisotopic (exact) mass is 476 g/mol. The Bertz CT molecular complexity index is 1250. The highest BCUT2D eigenvalue weighted by atomic mass is 16.6. The first kappa shape index (κ1) is 20.6. The van der Waals surface area contributed by atoms with E-state index >= 15 is 0 Å². The molecule has 4 aliphatic carbocycles. The minimum Gasteiger partial charge on any atom is -0.493 e. The van der Waals surface area contributed by atoms with Crippen LogP contribution in [0.5, 0.6) is 11.5 Å². The van der Waals surface area contributed by atoms with Gasteiger partial charge in [-0.25, -0.2) is 0 Å². The van der Waals surface area contributed by atoms with Crippen molar-refractivity contribution in [2.75, 3.05) is 45.8 Å². The Kier molecular flexibility index (Phi) is 3.88. The van der Waals surface area contributed by atoms with Gasteiger partial charge in [0.05, 0.1) is 18.4 Å². The van der Waals surface area contributed by atoms with E-state index in [9.17, 15) is 0 Å². The molecule has 0 amide bonds. The molecule has 1 aromatic heterocycles. The van der Waals surface area contributed by atoms with E-state index in [1.165, 1.54) is 24.0 Å². The lowest BCUT2D eigenvalue weighted by atomic mass is 9.37. The smallest absolute Gasteiger partial charge is 0.318 e. The van der Waals surface area contributed by atoms with Gasteiger partial charge in [-0.3, -0.25) is 0 Å². The normalized spacial score (nSPS) is 40.2. The molecule has 2 saturated heterocycles. The average molecular weight is 477 g/mol. The van der Waals surface area contributed by atoms with Gasteiger partial charge in [-0.2, -0.15) is 0 Å². The van der Waals surface area contributed by atoms with Gasteiger partial charge in [-0.1, -0.05) is 23.3 Å². The average Bonchev–Trinajstić information content (AvgIpc) is 3.64. The minimum absolute atomic E-state index is 0.0738. The molecule has 1 saturated carbocycles. The summed E-state index contributed by atoms with van der Waals surface area (Å²) in [6.07, 6.45) is 9.86. The molecule has 6 atom stereocenters. The van der Waals surface area contributed by atoms with Crippen molar-refractivity contribution in [2.24, 2.45) is 5.41 Å². The second-order valence-corrected chi connectivity index (χ2v) is 11.4. The van der Waals surface area contributed by atoms with Crippen LogP contribution in [0.1, 0.15) is 48.6 Å². The van der Waals surface area contributed by atoms with Gasteiger partial charge < -0.3 is 28.4 Å². The summed E-state index contributed by atoms with van der Waals surface area (Å²) in [5.74, 6) is 2.33. The number of benzene rings is 1. The Labute approximate surface area is 205 Å². The van der Waals surface area contributed by atoms with Gasteiger partial charge in [0.2, 0.25) is 5.89 Å². The number of likely N-dealkylation sites (N-methyl/N-ethyl adjacent to an activating group) is 1. The van der Waals surface area contributed by atoms with Gasteiger partial charge >= 0.3 is 6.01 Å². The summed E-state index contributed by atoms with van der Waals surface area (Å²) in [6.45, 7) is 3.00. The molecule has 0 N–H and O–H groups in total. The lowest BCUT2D eigenvalue weighted by Crippen LogP contribution is -2.78. The maximum Gasteiger partial charge on any atom is 0.318 e. The van der Waals surface area contributed by atoms with Crippen LogP contribution < -0.4 is 14.4 Å². The van der Waals surface area contributed by atoms with Crippen LogP contribution in [0.4, 0.5) is 6.01 Å². The first-order valence-corrected chi connectivity index (χ1v) is 13.0. The fraction of sp³-hybridized carbons (Fsp3) is 0.630. The second-order valence-electron chi connectivity index (χ2n) is 11.4. The van der Waals surface area contributed by atoms with Gasteiger partial charge in [0.25, 0.3) is 0 Å². The molecule has 7 aliphatic rings. The van der Waals surface area contributed by atoms with Crippen LogP contribution in [-0.4, -0.2) is 73.7 Å². The molecule has 2 spiro atoms. The van der Waals surface area contributed by atoms with Crippen LogP contribution >= 0.6 is 0 Å². The summed E-state index contributed by atoms with van der Waals surface area (Å²) in [4.78, 5) is 4.76. The van der Waals surface area contributed by atoms with Crippen molar-refractivity contribution in [1.82, 2.24) is 15.1 Å². The molecule has 3 aliphatic heterocycles. The number of fused-ring (bicyclic) bond motifs is 1. The lowest BCUT2D eigenvalue weighted by molar-refractivity contribution is -0.200. The van der Waals surface area contributed by atoms with E-state index in [0.29, 0.717) is 17.9 Å². The molecule has 3 fully saturated rings. The van der Waals surface area contributed by atoms with E-state index in [0.717, 1.165) is 50.4 Å². The molecular formula is C27H32N4O4. The van der Waals surface area contributed by atoms with Crippen molar-refractivity contribution in [1.29, 1.82) is 0 Å². The molecule has 35 heavy (non-hydrogen) atoms. The third-order valence-electron chi connectivity index (χ3n) is 10.4. The summed E-state index contributed by atoms with van der Waals surface area (Å²) in [7, 11) is 5.82. The molecule has 0 radical (unpaired) electrons. The fourth-order valence-electron chi connectivity index (χ4n) is 8.89. The summed E-state index contributed by atoms with van der Waals surface area (Å²) >= 11 is 0. The molecular weight excluding hydrogens is 444 g/mol. The fourth-order valence-corrected chi connectivity index (χ4v) is 8.89. The van der Waals surface area contributed by atoms with Gasteiger partial charge in [0, 0.05) is 37.2 Å². The number of aromatic nitrogens is 2. The number of hydrogen-bond donors (Lipinski definition) is 0. The zero-order chi connectivity index (χ0) is 23.6.